The molecule has 1 N–H and O–H groups in total. The summed E-state index contributed by atoms with van der Waals surface area (Å²) in [6, 6.07) is 19.1. The van der Waals surface area contributed by atoms with Crippen molar-refractivity contribution in [3.63, 3.8) is 0 Å². The van der Waals surface area contributed by atoms with Gasteiger partial charge in [-0.05, 0) is 44.5 Å². The first-order valence-corrected chi connectivity index (χ1v) is 9.44. The van der Waals surface area contributed by atoms with Crippen molar-refractivity contribution in [1.82, 2.24) is 19.7 Å². The Morgan fingerprint density at radius 1 is 0.963 bits per heavy atom. The first kappa shape index (κ1) is 17.6. The maximum Gasteiger partial charge on any atom is 0.0648 e. The molecule has 138 valence electrons. The lowest BCUT2D eigenvalue weighted by Gasteiger charge is -2.14. The molecule has 0 amide bonds. The first-order valence-electron chi connectivity index (χ1n) is 9.44. The van der Waals surface area contributed by atoms with E-state index < -0.39 is 0 Å². The third-order valence-electron chi connectivity index (χ3n) is 5.63. The van der Waals surface area contributed by atoms with E-state index in [-0.39, 0.29) is 6.04 Å². The van der Waals surface area contributed by atoms with E-state index in [4.69, 9.17) is 0 Å². The smallest absolute Gasteiger partial charge is 0.0648 e. The zero-order valence-corrected chi connectivity index (χ0v) is 16.4. The van der Waals surface area contributed by atoms with E-state index in [9.17, 15) is 0 Å². The number of fused-ring (bicyclic) bond motifs is 1. The molecule has 4 rings (SSSR count). The van der Waals surface area contributed by atoms with Gasteiger partial charge in [0.25, 0.3) is 0 Å². The molecule has 0 saturated heterocycles. The van der Waals surface area contributed by atoms with Gasteiger partial charge in [-0.2, -0.15) is 5.10 Å². The molecule has 0 aliphatic heterocycles. The fraction of sp³-hybridized carbons (Fsp3) is 0.261. The van der Waals surface area contributed by atoms with Gasteiger partial charge in [-0.25, -0.2) is 4.68 Å². The fourth-order valence-corrected chi connectivity index (χ4v) is 3.86. The number of benzene rings is 2. The standard InChI is InChI=1S/C23H26N4/c1-16(21-15-25-27(18(21)3)19-10-6-5-7-11-19)24-14-22-17(2)26(4)23-13-9-8-12-20(22)23/h5-13,15-16,24H,14H2,1-4H3/t16-/m1/s1. The largest absolute Gasteiger partial charge is 0.348 e. The molecule has 0 aliphatic carbocycles. The molecule has 27 heavy (non-hydrogen) atoms. The molecule has 2 heterocycles. The number of para-hydroxylation sites is 2. The van der Waals surface area contributed by atoms with Crippen LogP contribution in [0.25, 0.3) is 16.6 Å². The van der Waals surface area contributed by atoms with Crippen LogP contribution in [0.5, 0.6) is 0 Å². The third kappa shape index (κ3) is 3.06. The van der Waals surface area contributed by atoms with Crippen LogP contribution in [0, 0.1) is 13.8 Å². The fourth-order valence-electron chi connectivity index (χ4n) is 3.86. The van der Waals surface area contributed by atoms with Crippen LogP contribution in [0.1, 0.15) is 35.5 Å². The lowest BCUT2D eigenvalue weighted by atomic mass is 10.1. The molecule has 4 aromatic rings. The molecule has 0 aliphatic rings. The molecule has 0 spiro atoms. The Morgan fingerprint density at radius 2 is 1.67 bits per heavy atom. The topological polar surface area (TPSA) is 34.8 Å². The van der Waals surface area contributed by atoms with E-state index in [0.29, 0.717) is 0 Å². The van der Waals surface area contributed by atoms with Crippen LogP contribution in [0.15, 0.2) is 60.8 Å². The Balaban J connectivity index is 1.57. The molecule has 1 atom stereocenters. The number of aryl methyl sites for hydroxylation is 1. The molecule has 0 saturated carbocycles. The monoisotopic (exact) mass is 358 g/mol. The van der Waals surface area contributed by atoms with Crippen LogP contribution in [0.3, 0.4) is 0 Å². The van der Waals surface area contributed by atoms with E-state index in [1.54, 1.807) is 0 Å². The average molecular weight is 358 g/mol. The Bertz CT molecular complexity index is 1070. The maximum atomic E-state index is 4.61. The van der Waals surface area contributed by atoms with Gasteiger partial charge in [-0.3, -0.25) is 0 Å². The minimum Gasteiger partial charge on any atom is -0.348 e. The summed E-state index contributed by atoms with van der Waals surface area (Å²) in [6.45, 7) is 7.38. The van der Waals surface area contributed by atoms with Crippen molar-refractivity contribution in [3.05, 3.63) is 83.3 Å². The Labute approximate surface area is 160 Å². The van der Waals surface area contributed by atoms with Crippen molar-refractivity contribution in [1.29, 1.82) is 0 Å². The van der Waals surface area contributed by atoms with Crippen LogP contribution in [0.2, 0.25) is 0 Å². The molecular formula is C23H26N4. The second-order valence-electron chi connectivity index (χ2n) is 7.18. The van der Waals surface area contributed by atoms with Crippen molar-refractivity contribution < 1.29 is 0 Å². The Kier molecular flexibility index (Phi) is 4.58. The number of hydrogen-bond acceptors (Lipinski definition) is 2. The predicted octanol–water partition coefficient (Wildman–Crippen LogP) is 4.83. The van der Waals surface area contributed by atoms with Crippen LogP contribution >= 0.6 is 0 Å². The van der Waals surface area contributed by atoms with Crippen LogP contribution in [-0.2, 0) is 13.6 Å². The van der Waals surface area contributed by atoms with Crippen molar-refractivity contribution in [3.8, 4) is 5.69 Å². The highest BCUT2D eigenvalue weighted by Gasteiger charge is 2.16. The van der Waals surface area contributed by atoms with Gasteiger partial charge in [-0.1, -0.05) is 36.4 Å². The molecule has 0 fully saturated rings. The molecular weight excluding hydrogens is 332 g/mol. The highest BCUT2D eigenvalue weighted by Crippen LogP contribution is 2.26. The zero-order chi connectivity index (χ0) is 19.0. The number of hydrogen-bond donors (Lipinski definition) is 1. The Hall–Kier alpha value is -2.85. The van der Waals surface area contributed by atoms with Crippen molar-refractivity contribution in [2.24, 2.45) is 7.05 Å². The third-order valence-corrected chi connectivity index (χ3v) is 5.63. The summed E-state index contributed by atoms with van der Waals surface area (Å²) in [7, 11) is 2.14. The summed E-state index contributed by atoms with van der Waals surface area (Å²) in [6.07, 6.45) is 1.98. The van der Waals surface area contributed by atoms with Gasteiger partial charge in [0.2, 0.25) is 0 Å². The van der Waals surface area contributed by atoms with Crippen molar-refractivity contribution in [2.45, 2.75) is 33.4 Å². The molecule has 4 nitrogen and oxygen atoms in total. The number of aromatic nitrogens is 3. The molecule has 0 unspecified atom stereocenters. The lowest BCUT2D eigenvalue weighted by molar-refractivity contribution is 0.571. The van der Waals surface area contributed by atoms with Gasteiger partial charge in [0.15, 0.2) is 0 Å². The van der Waals surface area contributed by atoms with Crippen LogP contribution in [0.4, 0.5) is 0 Å². The zero-order valence-electron chi connectivity index (χ0n) is 16.4. The van der Waals surface area contributed by atoms with Crippen LogP contribution in [-0.4, -0.2) is 14.3 Å². The summed E-state index contributed by atoms with van der Waals surface area (Å²) >= 11 is 0. The Morgan fingerprint density at radius 3 is 2.44 bits per heavy atom. The molecule has 0 radical (unpaired) electrons. The van der Waals surface area contributed by atoms with Gasteiger partial charge in [0, 0.05) is 47.5 Å². The predicted molar refractivity (Wildman–Crippen MR) is 111 cm³/mol. The van der Waals surface area contributed by atoms with Crippen molar-refractivity contribution >= 4 is 10.9 Å². The van der Waals surface area contributed by atoms with Crippen molar-refractivity contribution in [2.75, 3.05) is 0 Å². The van der Waals surface area contributed by atoms with E-state index in [1.165, 1.54) is 33.4 Å². The minimum atomic E-state index is 0.223. The first-order chi connectivity index (χ1) is 13.1. The van der Waals surface area contributed by atoms with E-state index in [2.05, 4.69) is 79.2 Å². The quantitative estimate of drug-likeness (QED) is 0.554. The summed E-state index contributed by atoms with van der Waals surface area (Å²) in [5.74, 6) is 0. The van der Waals surface area contributed by atoms with E-state index >= 15 is 0 Å². The van der Waals surface area contributed by atoms with Gasteiger partial charge >= 0.3 is 0 Å². The molecule has 2 aromatic heterocycles. The molecule has 4 heteroatoms. The highest BCUT2D eigenvalue weighted by atomic mass is 15.3. The highest BCUT2D eigenvalue weighted by molar-refractivity contribution is 5.85. The lowest BCUT2D eigenvalue weighted by Crippen LogP contribution is -2.19. The normalized spacial score (nSPS) is 12.6. The molecule has 0 bridgehead atoms. The molecule has 2 aromatic carbocycles. The minimum absolute atomic E-state index is 0.223. The van der Waals surface area contributed by atoms with Crippen LogP contribution < -0.4 is 5.32 Å². The summed E-state index contributed by atoms with van der Waals surface area (Å²) in [5.41, 5.74) is 7.47. The SMILES string of the molecule is Cc1c([C@@H](C)NCc2c(C)n(C)c3ccccc23)cnn1-c1ccccc1. The van der Waals surface area contributed by atoms with E-state index in [0.717, 1.165) is 12.2 Å². The van der Waals surface area contributed by atoms with Gasteiger partial charge < -0.3 is 9.88 Å². The number of nitrogens with zero attached hydrogens (tertiary/aromatic N) is 3. The summed E-state index contributed by atoms with van der Waals surface area (Å²) < 4.78 is 4.28. The second-order valence-corrected chi connectivity index (χ2v) is 7.18. The van der Waals surface area contributed by atoms with Gasteiger partial charge in [-0.15, -0.1) is 0 Å². The summed E-state index contributed by atoms with van der Waals surface area (Å²) in [4.78, 5) is 0. The summed E-state index contributed by atoms with van der Waals surface area (Å²) in [5, 5.41) is 9.63. The number of rotatable bonds is 5. The average Bonchev–Trinajstić information content (AvgIpc) is 3.19. The van der Waals surface area contributed by atoms with E-state index in [1.807, 2.05) is 29.1 Å². The second kappa shape index (κ2) is 7.05. The van der Waals surface area contributed by atoms with Gasteiger partial charge in [0.05, 0.1) is 11.9 Å². The van der Waals surface area contributed by atoms with Gasteiger partial charge in [0.1, 0.15) is 0 Å². The number of nitrogens with one attached hydrogen (secondary N) is 1. The maximum absolute atomic E-state index is 4.61.